The number of nitrogens with one attached hydrogen (secondary N) is 1. The molecule has 20 heavy (non-hydrogen) atoms. The molecular weight excluding hydrogens is 266 g/mol. The number of amides is 1. The molecule has 7 nitrogen and oxygen atoms in total. The lowest BCUT2D eigenvalue weighted by atomic mass is 10.1. The van der Waals surface area contributed by atoms with Crippen LogP contribution in [0, 0.1) is 0 Å². The van der Waals surface area contributed by atoms with Crippen LogP contribution in [0.25, 0.3) is 0 Å². The maximum Gasteiger partial charge on any atom is 0.330 e. The monoisotopic (exact) mass is 287 g/mol. The third-order valence-corrected chi connectivity index (χ3v) is 2.98. The average molecular weight is 287 g/mol. The molecule has 0 aromatic carbocycles. The largest absolute Gasteiger partial charge is 0.467 e. The lowest BCUT2D eigenvalue weighted by molar-refractivity contribution is -0.146. The Morgan fingerprint density at radius 2 is 2.00 bits per heavy atom. The smallest absolute Gasteiger partial charge is 0.330 e. The van der Waals surface area contributed by atoms with Crippen LogP contribution in [0.1, 0.15) is 32.6 Å². The van der Waals surface area contributed by atoms with Crippen LogP contribution in [-0.4, -0.2) is 42.5 Å². The Morgan fingerprint density at radius 3 is 2.55 bits per heavy atom. The Balaban J connectivity index is 2.18. The lowest BCUT2D eigenvalue weighted by Gasteiger charge is -2.22. The van der Waals surface area contributed by atoms with Gasteiger partial charge in [-0.1, -0.05) is 0 Å². The van der Waals surface area contributed by atoms with E-state index in [0.29, 0.717) is 12.8 Å². The second-order valence-corrected chi connectivity index (χ2v) is 4.67. The molecule has 0 bridgehead atoms. The van der Waals surface area contributed by atoms with E-state index in [-0.39, 0.29) is 12.3 Å². The van der Waals surface area contributed by atoms with E-state index in [1.165, 1.54) is 19.6 Å². The van der Waals surface area contributed by atoms with Crippen molar-refractivity contribution in [2.75, 3.05) is 13.7 Å². The van der Waals surface area contributed by atoms with Gasteiger partial charge in [-0.25, -0.2) is 4.79 Å². The molecule has 7 heteroatoms. The summed E-state index contributed by atoms with van der Waals surface area (Å²) in [5, 5.41) is 11.4. The first kappa shape index (κ1) is 16.3. The molecule has 1 unspecified atom stereocenters. The van der Waals surface area contributed by atoms with Gasteiger partial charge in [0.1, 0.15) is 12.5 Å². The van der Waals surface area contributed by atoms with Crippen molar-refractivity contribution < 1.29 is 28.9 Å². The summed E-state index contributed by atoms with van der Waals surface area (Å²) < 4.78 is 15.0. The van der Waals surface area contributed by atoms with Gasteiger partial charge in [0, 0.05) is 19.8 Å². The van der Waals surface area contributed by atoms with Crippen molar-refractivity contribution in [3.8, 4) is 0 Å². The predicted molar refractivity (Wildman–Crippen MR) is 69.2 cm³/mol. The highest BCUT2D eigenvalue weighted by molar-refractivity contribution is 5.84. The molecule has 0 aromatic rings. The molecule has 0 aliphatic carbocycles. The van der Waals surface area contributed by atoms with Gasteiger partial charge in [-0.3, -0.25) is 4.79 Å². The fourth-order valence-corrected chi connectivity index (χ4v) is 1.81. The number of methoxy groups -OCH3 is 1. The molecule has 0 aromatic heterocycles. The highest BCUT2D eigenvalue weighted by Crippen LogP contribution is 2.25. The van der Waals surface area contributed by atoms with E-state index >= 15 is 0 Å². The summed E-state index contributed by atoms with van der Waals surface area (Å²) in [4.78, 5) is 22.8. The molecule has 0 radical (unpaired) electrons. The molecule has 1 aliphatic rings. The van der Waals surface area contributed by atoms with E-state index in [0.717, 1.165) is 6.42 Å². The molecule has 1 heterocycles. The van der Waals surface area contributed by atoms with Crippen molar-refractivity contribution in [1.82, 2.24) is 5.32 Å². The van der Waals surface area contributed by atoms with E-state index in [4.69, 9.17) is 14.6 Å². The standard InChI is InChI=1S/C13H21NO6/c1-13(19-7-8-20-13)6-4-3-5-11(16)14-10(9-15)12(17)18-2/h7-8,10,15H,3-6,9H2,1-2H3,(H,14,16). The molecule has 0 spiro atoms. The van der Waals surface area contributed by atoms with Crippen LogP contribution in [0.2, 0.25) is 0 Å². The SMILES string of the molecule is COC(=O)C(CO)NC(=O)CCCCC1(C)OC=CO1. The Hall–Kier alpha value is -1.76. The summed E-state index contributed by atoms with van der Waals surface area (Å²) in [6, 6.07) is -1.00. The van der Waals surface area contributed by atoms with Crippen LogP contribution in [0.3, 0.4) is 0 Å². The Labute approximate surface area is 117 Å². The first-order valence-electron chi connectivity index (χ1n) is 6.49. The molecule has 1 amide bonds. The summed E-state index contributed by atoms with van der Waals surface area (Å²) >= 11 is 0. The first-order chi connectivity index (χ1) is 9.50. The minimum atomic E-state index is -1.00. The maximum atomic E-state index is 11.6. The van der Waals surface area contributed by atoms with Crippen LogP contribution >= 0.6 is 0 Å². The molecule has 0 fully saturated rings. The van der Waals surface area contributed by atoms with Crippen molar-refractivity contribution in [2.45, 2.75) is 44.4 Å². The van der Waals surface area contributed by atoms with Crippen molar-refractivity contribution in [2.24, 2.45) is 0 Å². The van der Waals surface area contributed by atoms with E-state index in [2.05, 4.69) is 10.1 Å². The zero-order valence-electron chi connectivity index (χ0n) is 11.8. The Bertz CT molecular complexity index is 360. The Kier molecular flexibility index (Phi) is 6.30. The van der Waals surface area contributed by atoms with Gasteiger partial charge in [0.15, 0.2) is 6.04 Å². The number of unbranched alkanes of at least 4 members (excludes halogenated alkanes) is 1. The zero-order chi connectivity index (χ0) is 15.0. The van der Waals surface area contributed by atoms with Gasteiger partial charge in [-0.05, 0) is 12.8 Å². The fraction of sp³-hybridized carbons (Fsp3) is 0.692. The number of hydrogen-bond acceptors (Lipinski definition) is 6. The summed E-state index contributed by atoms with van der Waals surface area (Å²) in [7, 11) is 1.20. The highest BCUT2D eigenvalue weighted by Gasteiger charge is 2.28. The number of aliphatic hydroxyl groups is 1. The zero-order valence-corrected chi connectivity index (χ0v) is 11.8. The summed E-state index contributed by atoms with van der Waals surface area (Å²) in [5.41, 5.74) is 0. The van der Waals surface area contributed by atoms with Crippen LogP contribution in [0.15, 0.2) is 12.5 Å². The molecule has 1 aliphatic heterocycles. The summed E-state index contributed by atoms with van der Waals surface area (Å²) in [6.45, 7) is 1.34. The van der Waals surface area contributed by atoms with Crippen LogP contribution in [0.4, 0.5) is 0 Å². The Morgan fingerprint density at radius 1 is 1.35 bits per heavy atom. The average Bonchev–Trinajstić information content (AvgIpc) is 2.87. The number of aliphatic hydroxyl groups excluding tert-OH is 1. The van der Waals surface area contributed by atoms with Gasteiger partial charge >= 0.3 is 5.97 Å². The minimum absolute atomic E-state index is 0.261. The quantitative estimate of drug-likeness (QED) is 0.496. The third-order valence-electron chi connectivity index (χ3n) is 2.98. The number of ether oxygens (including phenoxy) is 3. The number of carbonyl (C=O) groups excluding carboxylic acids is 2. The van der Waals surface area contributed by atoms with Gasteiger partial charge in [0.05, 0.1) is 13.7 Å². The number of esters is 1. The van der Waals surface area contributed by atoms with Crippen LogP contribution in [0.5, 0.6) is 0 Å². The van der Waals surface area contributed by atoms with E-state index in [9.17, 15) is 9.59 Å². The first-order valence-corrected chi connectivity index (χ1v) is 6.49. The van der Waals surface area contributed by atoms with Gasteiger partial charge < -0.3 is 24.6 Å². The number of hydrogen-bond donors (Lipinski definition) is 2. The van der Waals surface area contributed by atoms with Crippen LogP contribution in [-0.2, 0) is 23.8 Å². The van der Waals surface area contributed by atoms with Crippen LogP contribution < -0.4 is 5.32 Å². The van der Waals surface area contributed by atoms with Crippen molar-refractivity contribution >= 4 is 11.9 Å². The minimum Gasteiger partial charge on any atom is -0.467 e. The van der Waals surface area contributed by atoms with Crippen molar-refractivity contribution in [1.29, 1.82) is 0 Å². The number of rotatable bonds is 8. The molecule has 2 N–H and O–H groups in total. The predicted octanol–water partition coefficient (Wildman–Crippen LogP) is 0.431. The lowest BCUT2D eigenvalue weighted by Crippen LogP contribution is -2.43. The van der Waals surface area contributed by atoms with E-state index in [1.54, 1.807) is 0 Å². The third kappa shape index (κ3) is 5.08. The van der Waals surface area contributed by atoms with Gasteiger partial charge in [-0.15, -0.1) is 0 Å². The normalized spacial score (nSPS) is 16.9. The second kappa shape index (κ2) is 7.74. The molecule has 1 atom stereocenters. The topological polar surface area (TPSA) is 94.1 Å². The molecular formula is C13H21NO6. The van der Waals surface area contributed by atoms with Gasteiger partial charge in [0.25, 0.3) is 0 Å². The van der Waals surface area contributed by atoms with Gasteiger partial charge in [0.2, 0.25) is 11.7 Å². The van der Waals surface area contributed by atoms with E-state index in [1.807, 2.05) is 6.92 Å². The second-order valence-electron chi connectivity index (χ2n) is 4.67. The molecule has 0 saturated heterocycles. The fourth-order valence-electron chi connectivity index (χ4n) is 1.81. The van der Waals surface area contributed by atoms with Crippen molar-refractivity contribution in [3.63, 3.8) is 0 Å². The molecule has 1 rings (SSSR count). The summed E-state index contributed by atoms with van der Waals surface area (Å²) in [6.07, 6.45) is 5.29. The van der Waals surface area contributed by atoms with Crippen molar-refractivity contribution in [3.05, 3.63) is 12.5 Å². The maximum absolute atomic E-state index is 11.6. The number of carbonyl (C=O) groups is 2. The van der Waals surface area contributed by atoms with E-state index < -0.39 is 24.4 Å². The van der Waals surface area contributed by atoms with Gasteiger partial charge in [-0.2, -0.15) is 0 Å². The molecule has 0 saturated carbocycles. The molecule has 114 valence electrons. The summed E-state index contributed by atoms with van der Waals surface area (Å²) in [5.74, 6) is -1.60. The highest BCUT2D eigenvalue weighted by atomic mass is 16.7.